The topological polar surface area (TPSA) is 78.0 Å². The van der Waals surface area contributed by atoms with Crippen LogP contribution in [0.4, 0.5) is 5.69 Å². The first-order chi connectivity index (χ1) is 13.1. The molecule has 0 atom stereocenters. The summed E-state index contributed by atoms with van der Waals surface area (Å²) in [6.07, 6.45) is 9.57. The number of amides is 1. The number of hydrogen-bond donors (Lipinski definition) is 1. The van der Waals surface area contributed by atoms with E-state index in [9.17, 15) is 4.79 Å². The molecule has 1 fully saturated rings. The molecule has 1 N–H and O–H groups in total. The predicted molar refractivity (Wildman–Crippen MR) is 105 cm³/mol. The van der Waals surface area contributed by atoms with Crippen LogP contribution in [0.1, 0.15) is 12.6 Å². The molecule has 138 valence electrons. The van der Waals surface area contributed by atoms with E-state index in [0.29, 0.717) is 0 Å². The number of rotatable bonds is 5. The molecule has 27 heavy (non-hydrogen) atoms. The van der Waals surface area contributed by atoms with Crippen LogP contribution in [0.15, 0.2) is 43.5 Å². The van der Waals surface area contributed by atoms with Crippen LogP contribution >= 0.6 is 0 Å². The predicted octanol–water partition coefficient (Wildman–Crippen LogP) is 2.42. The molecule has 0 saturated carbocycles. The standard InChI is InChI=1S/C20H22N6O/c1-4-13-7-21-10-18(24-13)17-9-23-20-16(17)6-14(8-22-20)26-11-15(12-26)25(3)19(27)5-2/h5-10,15H,2,4,11-12H2,1,3H3,(H,22,23). The monoisotopic (exact) mass is 362 g/mol. The number of aromatic nitrogens is 4. The highest BCUT2D eigenvalue weighted by molar-refractivity contribution is 5.94. The Balaban J connectivity index is 1.60. The van der Waals surface area contributed by atoms with Crippen molar-refractivity contribution in [3.05, 3.63) is 49.2 Å². The van der Waals surface area contributed by atoms with E-state index in [1.165, 1.54) is 6.08 Å². The Bertz CT molecular complexity index is 1000. The molecule has 0 aliphatic carbocycles. The van der Waals surface area contributed by atoms with Crippen LogP contribution in [-0.4, -0.2) is 56.9 Å². The van der Waals surface area contributed by atoms with Crippen LogP contribution < -0.4 is 4.90 Å². The maximum Gasteiger partial charge on any atom is 0.246 e. The lowest BCUT2D eigenvalue weighted by Gasteiger charge is -2.45. The number of carbonyl (C=O) groups excluding carboxylic acids is 1. The lowest BCUT2D eigenvalue weighted by atomic mass is 10.1. The zero-order valence-electron chi connectivity index (χ0n) is 15.5. The van der Waals surface area contributed by atoms with Gasteiger partial charge < -0.3 is 14.8 Å². The van der Waals surface area contributed by atoms with Gasteiger partial charge in [0.2, 0.25) is 5.91 Å². The van der Waals surface area contributed by atoms with Crippen LogP contribution in [0.5, 0.6) is 0 Å². The fraction of sp³-hybridized carbons (Fsp3) is 0.300. The summed E-state index contributed by atoms with van der Waals surface area (Å²) in [7, 11) is 1.82. The van der Waals surface area contributed by atoms with Gasteiger partial charge in [-0.15, -0.1) is 0 Å². The first kappa shape index (κ1) is 17.2. The van der Waals surface area contributed by atoms with Crippen molar-refractivity contribution in [2.45, 2.75) is 19.4 Å². The average molecular weight is 362 g/mol. The van der Waals surface area contributed by atoms with Crippen molar-refractivity contribution in [1.82, 2.24) is 24.8 Å². The van der Waals surface area contributed by atoms with Gasteiger partial charge in [-0.25, -0.2) is 9.97 Å². The second-order valence-electron chi connectivity index (χ2n) is 6.75. The summed E-state index contributed by atoms with van der Waals surface area (Å²) in [6, 6.07) is 2.32. The largest absolute Gasteiger partial charge is 0.366 e. The summed E-state index contributed by atoms with van der Waals surface area (Å²) in [6.45, 7) is 7.19. The minimum Gasteiger partial charge on any atom is -0.366 e. The van der Waals surface area contributed by atoms with Crippen molar-refractivity contribution in [3.63, 3.8) is 0 Å². The third-order valence-electron chi connectivity index (χ3n) is 5.14. The molecule has 0 bridgehead atoms. The molecule has 0 radical (unpaired) electrons. The molecule has 1 amide bonds. The molecule has 4 heterocycles. The normalized spacial score (nSPS) is 14.2. The van der Waals surface area contributed by atoms with E-state index in [1.54, 1.807) is 17.3 Å². The Labute approximate surface area is 157 Å². The average Bonchev–Trinajstić information content (AvgIpc) is 3.09. The number of carbonyl (C=O) groups is 1. The minimum absolute atomic E-state index is 0.0458. The Morgan fingerprint density at radius 2 is 2.22 bits per heavy atom. The Hall–Kier alpha value is -3.22. The van der Waals surface area contributed by atoms with Gasteiger partial charge in [0.05, 0.1) is 35.5 Å². The summed E-state index contributed by atoms with van der Waals surface area (Å²) in [5, 5.41) is 1.02. The van der Waals surface area contributed by atoms with Gasteiger partial charge in [-0.05, 0) is 18.6 Å². The third-order valence-corrected chi connectivity index (χ3v) is 5.14. The molecule has 0 spiro atoms. The molecule has 1 saturated heterocycles. The molecule has 0 unspecified atom stereocenters. The van der Waals surface area contributed by atoms with Crippen LogP contribution in [0.2, 0.25) is 0 Å². The number of nitrogens with zero attached hydrogens (tertiary/aromatic N) is 5. The SMILES string of the molecule is C=CC(=O)N(C)C1CN(c2cnc3[nH]cc(-c4cncc(CC)n4)c3c2)C1. The van der Waals surface area contributed by atoms with Gasteiger partial charge in [-0.2, -0.15) is 0 Å². The van der Waals surface area contributed by atoms with Crippen LogP contribution in [-0.2, 0) is 11.2 Å². The van der Waals surface area contributed by atoms with Gasteiger partial charge in [0, 0.05) is 43.5 Å². The number of nitrogens with one attached hydrogen (secondary N) is 1. The summed E-state index contributed by atoms with van der Waals surface area (Å²) >= 11 is 0. The lowest BCUT2D eigenvalue weighted by molar-refractivity contribution is -0.127. The zero-order valence-corrected chi connectivity index (χ0v) is 15.5. The Kier molecular flexibility index (Phi) is 4.35. The van der Waals surface area contributed by atoms with E-state index in [-0.39, 0.29) is 11.9 Å². The highest BCUT2D eigenvalue weighted by atomic mass is 16.2. The van der Waals surface area contributed by atoms with E-state index in [4.69, 9.17) is 0 Å². The maximum absolute atomic E-state index is 11.7. The Morgan fingerprint density at radius 3 is 2.96 bits per heavy atom. The van der Waals surface area contributed by atoms with Gasteiger partial charge in [0.15, 0.2) is 0 Å². The number of hydrogen-bond acceptors (Lipinski definition) is 5. The molecule has 0 aromatic carbocycles. The number of H-pyrrole nitrogens is 1. The highest BCUT2D eigenvalue weighted by Crippen LogP contribution is 2.31. The molecule has 4 rings (SSSR count). The number of fused-ring (bicyclic) bond motifs is 1. The number of anilines is 1. The van der Waals surface area contributed by atoms with Crippen molar-refractivity contribution in [2.75, 3.05) is 25.0 Å². The van der Waals surface area contributed by atoms with Crippen LogP contribution in [0, 0.1) is 0 Å². The summed E-state index contributed by atoms with van der Waals surface area (Å²) in [4.78, 5) is 32.4. The number of aryl methyl sites for hydroxylation is 1. The van der Waals surface area contributed by atoms with Gasteiger partial charge in [0.25, 0.3) is 0 Å². The smallest absolute Gasteiger partial charge is 0.246 e. The highest BCUT2D eigenvalue weighted by Gasteiger charge is 2.32. The van der Waals surface area contributed by atoms with Gasteiger partial charge >= 0.3 is 0 Å². The summed E-state index contributed by atoms with van der Waals surface area (Å²) in [5.74, 6) is -0.0458. The molecule has 7 heteroatoms. The number of pyridine rings is 1. The van der Waals surface area contributed by atoms with E-state index in [0.717, 1.165) is 53.2 Å². The summed E-state index contributed by atoms with van der Waals surface area (Å²) in [5.41, 5.74) is 4.68. The lowest BCUT2D eigenvalue weighted by Crippen LogP contribution is -2.59. The fourth-order valence-electron chi connectivity index (χ4n) is 3.32. The van der Waals surface area contributed by atoms with E-state index >= 15 is 0 Å². The second kappa shape index (κ2) is 6.83. The molecule has 1 aliphatic rings. The molecular formula is C20H22N6O. The van der Waals surface area contributed by atoms with Crippen molar-refractivity contribution < 1.29 is 4.79 Å². The van der Waals surface area contributed by atoms with Crippen molar-refractivity contribution in [3.8, 4) is 11.3 Å². The molecule has 3 aromatic heterocycles. The molecule has 3 aromatic rings. The first-order valence-corrected chi connectivity index (χ1v) is 9.03. The molecular weight excluding hydrogens is 340 g/mol. The van der Waals surface area contributed by atoms with Crippen molar-refractivity contribution in [1.29, 1.82) is 0 Å². The van der Waals surface area contributed by atoms with Crippen LogP contribution in [0.3, 0.4) is 0 Å². The molecule has 7 nitrogen and oxygen atoms in total. The maximum atomic E-state index is 11.7. The Morgan fingerprint density at radius 1 is 1.41 bits per heavy atom. The van der Waals surface area contributed by atoms with E-state index < -0.39 is 0 Å². The third kappa shape index (κ3) is 3.05. The number of aromatic amines is 1. The second-order valence-corrected chi connectivity index (χ2v) is 6.75. The zero-order chi connectivity index (χ0) is 19.0. The van der Waals surface area contributed by atoms with Gasteiger partial charge in [0.1, 0.15) is 5.65 Å². The van der Waals surface area contributed by atoms with E-state index in [1.807, 2.05) is 19.4 Å². The molecule has 1 aliphatic heterocycles. The first-order valence-electron chi connectivity index (χ1n) is 9.03. The van der Waals surface area contributed by atoms with Crippen molar-refractivity contribution in [2.24, 2.45) is 0 Å². The van der Waals surface area contributed by atoms with E-state index in [2.05, 4.69) is 44.4 Å². The number of likely N-dealkylation sites (N-methyl/N-ethyl adjacent to an activating group) is 1. The quantitative estimate of drug-likeness (QED) is 0.705. The van der Waals surface area contributed by atoms with Crippen molar-refractivity contribution >= 4 is 22.6 Å². The van der Waals surface area contributed by atoms with Crippen LogP contribution in [0.25, 0.3) is 22.3 Å². The summed E-state index contributed by atoms with van der Waals surface area (Å²) < 4.78 is 0. The van der Waals surface area contributed by atoms with Gasteiger partial charge in [-0.1, -0.05) is 13.5 Å². The minimum atomic E-state index is -0.0458. The van der Waals surface area contributed by atoms with Gasteiger partial charge in [-0.3, -0.25) is 9.78 Å². The fourth-order valence-corrected chi connectivity index (χ4v) is 3.32.